The van der Waals surface area contributed by atoms with E-state index in [1.165, 1.54) is 22.0 Å². The zero-order valence-corrected chi connectivity index (χ0v) is 11.8. The van der Waals surface area contributed by atoms with Gasteiger partial charge in [0.15, 0.2) is 0 Å². The van der Waals surface area contributed by atoms with Crippen LogP contribution in [0.4, 0.5) is 0 Å². The van der Waals surface area contributed by atoms with Gasteiger partial charge in [0.05, 0.1) is 0 Å². The monoisotopic (exact) mass is 245 g/mol. The minimum atomic E-state index is 0.179. The first-order chi connectivity index (χ1) is 8.43. The summed E-state index contributed by atoms with van der Waals surface area (Å²) in [6, 6.07) is 6.73. The van der Waals surface area contributed by atoms with Gasteiger partial charge in [0.2, 0.25) is 0 Å². The normalized spacial score (nSPS) is 12.3. The maximum atomic E-state index is 8.98. The van der Waals surface area contributed by atoms with Crippen LogP contribution in [0.1, 0.15) is 38.3 Å². The van der Waals surface area contributed by atoms with E-state index in [9.17, 15) is 0 Å². The van der Waals surface area contributed by atoms with Crippen LogP contribution in [0.5, 0.6) is 0 Å². The molecule has 2 nitrogen and oxygen atoms in total. The summed E-state index contributed by atoms with van der Waals surface area (Å²) < 4.78 is 2.18. The molecule has 0 aliphatic heterocycles. The van der Waals surface area contributed by atoms with Crippen molar-refractivity contribution in [2.24, 2.45) is 7.05 Å². The molecule has 0 unspecified atom stereocenters. The molecule has 98 valence electrons. The highest BCUT2D eigenvalue weighted by Crippen LogP contribution is 2.29. The Kier molecular flexibility index (Phi) is 3.49. The lowest BCUT2D eigenvalue weighted by Crippen LogP contribution is -2.10. The Morgan fingerprint density at radius 3 is 2.56 bits per heavy atom. The van der Waals surface area contributed by atoms with Crippen molar-refractivity contribution in [3.63, 3.8) is 0 Å². The van der Waals surface area contributed by atoms with Gasteiger partial charge in [-0.15, -0.1) is 0 Å². The zero-order valence-electron chi connectivity index (χ0n) is 11.8. The number of nitrogens with zero attached hydrogens (tertiary/aromatic N) is 1. The van der Waals surface area contributed by atoms with Gasteiger partial charge in [-0.1, -0.05) is 26.8 Å². The van der Waals surface area contributed by atoms with E-state index in [0.29, 0.717) is 0 Å². The molecule has 1 aromatic carbocycles. The van der Waals surface area contributed by atoms with Gasteiger partial charge in [0.25, 0.3) is 0 Å². The third-order valence-electron chi connectivity index (χ3n) is 3.54. The fourth-order valence-electron chi connectivity index (χ4n) is 2.41. The van der Waals surface area contributed by atoms with Crippen LogP contribution in [-0.4, -0.2) is 16.3 Å². The summed E-state index contributed by atoms with van der Waals surface area (Å²) in [5.41, 5.74) is 4.16. The predicted molar refractivity (Wildman–Crippen MR) is 77.0 cm³/mol. The maximum Gasteiger partial charge on any atom is 0.0480 e. The summed E-state index contributed by atoms with van der Waals surface area (Å²) in [7, 11) is 2.08. The first kappa shape index (κ1) is 13.2. The van der Waals surface area contributed by atoms with Gasteiger partial charge in [-0.3, -0.25) is 0 Å². The number of aliphatic hydroxyl groups excluding tert-OH is 1. The Bertz CT molecular complexity index is 546. The number of hydrogen-bond acceptors (Lipinski definition) is 1. The molecule has 0 atom stereocenters. The Hall–Kier alpha value is -1.28. The van der Waals surface area contributed by atoms with E-state index in [1.807, 2.05) is 0 Å². The number of aryl methyl sites for hydroxylation is 2. The molecule has 0 spiro atoms. The van der Waals surface area contributed by atoms with Crippen LogP contribution < -0.4 is 0 Å². The second-order valence-corrected chi connectivity index (χ2v) is 6.07. The fourth-order valence-corrected chi connectivity index (χ4v) is 2.41. The van der Waals surface area contributed by atoms with Crippen LogP contribution in [0.2, 0.25) is 0 Å². The van der Waals surface area contributed by atoms with E-state index in [0.717, 1.165) is 12.8 Å². The number of aliphatic hydroxyl groups is 1. The Balaban J connectivity index is 2.52. The molecule has 1 heterocycles. The third kappa shape index (κ3) is 2.44. The molecule has 0 radical (unpaired) electrons. The minimum Gasteiger partial charge on any atom is -0.396 e. The summed E-state index contributed by atoms with van der Waals surface area (Å²) >= 11 is 0. The molecule has 0 saturated heterocycles. The average molecular weight is 245 g/mol. The summed E-state index contributed by atoms with van der Waals surface area (Å²) in [5.74, 6) is 0. The summed E-state index contributed by atoms with van der Waals surface area (Å²) in [6.07, 6.45) is 3.97. The van der Waals surface area contributed by atoms with Crippen molar-refractivity contribution in [2.75, 3.05) is 6.61 Å². The molecule has 0 aliphatic carbocycles. The lowest BCUT2D eigenvalue weighted by atomic mass is 9.86. The van der Waals surface area contributed by atoms with Crippen molar-refractivity contribution in [3.05, 3.63) is 35.5 Å². The molecule has 2 rings (SSSR count). The summed E-state index contributed by atoms with van der Waals surface area (Å²) in [5, 5.41) is 10.3. The number of rotatable bonds is 3. The molecule has 0 saturated carbocycles. The molecule has 18 heavy (non-hydrogen) atoms. The van der Waals surface area contributed by atoms with E-state index >= 15 is 0 Å². The van der Waals surface area contributed by atoms with Crippen LogP contribution in [0.25, 0.3) is 10.9 Å². The molecule has 0 bridgehead atoms. The number of fused-ring (bicyclic) bond motifs is 1. The van der Waals surface area contributed by atoms with Crippen molar-refractivity contribution in [3.8, 4) is 0 Å². The van der Waals surface area contributed by atoms with Crippen LogP contribution >= 0.6 is 0 Å². The fraction of sp³-hybridized carbons (Fsp3) is 0.500. The Morgan fingerprint density at radius 2 is 1.94 bits per heavy atom. The molecule has 1 aromatic heterocycles. The highest BCUT2D eigenvalue weighted by atomic mass is 16.2. The molecule has 0 amide bonds. The number of aromatic nitrogens is 1. The van der Waals surface area contributed by atoms with Crippen LogP contribution in [0, 0.1) is 0 Å². The standard InChI is InChI=1S/C16H23NO/c1-16(2,3)13-7-8-15-14(10-13)12(6-5-9-18)11-17(15)4/h7-8,10-11,18H,5-6,9H2,1-4H3. The highest BCUT2D eigenvalue weighted by molar-refractivity contribution is 5.85. The third-order valence-corrected chi connectivity index (χ3v) is 3.54. The first-order valence-corrected chi connectivity index (χ1v) is 6.63. The van der Waals surface area contributed by atoms with Crippen LogP contribution in [0.15, 0.2) is 24.4 Å². The lowest BCUT2D eigenvalue weighted by molar-refractivity contribution is 0.288. The largest absolute Gasteiger partial charge is 0.396 e. The average Bonchev–Trinajstić information content (AvgIpc) is 2.62. The molecule has 0 fully saturated rings. The van der Waals surface area contributed by atoms with Gasteiger partial charge < -0.3 is 9.67 Å². The zero-order chi connectivity index (χ0) is 13.3. The molecular weight excluding hydrogens is 222 g/mol. The maximum absolute atomic E-state index is 8.98. The van der Waals surface area contributed by atoms with Gasteiger partial charge >= 0.3 is 0 Å². The molecule has 2 aromatic rings. The molecule has 2 heteroatoms. The molecule has 0 aliphatic rings. The molecular formula is C16H23NO. The molecule has 1 N–H and O–H groups in total. The highest BCUT2D eigenvalue weighted by Gasteiger charge is 2.15. The van der Waals surface area contributed by atoms with E-state index in [-0.39, 0.29) is 12.0 Å². The van der Waals surface area contributed by atoms with Crippen molar-refractivity contribution >= 4 is 10.9 Å². The lowest BCUT2D eigenvalue weighted by Gasteiger charge is -2.19. The van der Waals surface area contributed by atoms with Gasteiger partial charge in [0, 0.05) is 30.8 Å². The van der Waals surface area contributed by atoms with Gasteiger partial charge in [0.1, 0.15) is 0 Å². The summed E-state index contributed by atoms with van der Waals surface area (Å²) in [4.78, 5) is 0. The van der Waals surface area contributed by atoms with Crippen LogP contribution in [0.3, 0.4) is 0 Å². The van der Waals surface area contributed by atoms with Crippen LogP contribution in [-0.2, 0) is 18.9 Å². The predicted octanol–water partition coefficient (Wildman–Crippen LogP) is 3.40. The van der Waals surface area contributed by atoms with E-state index in [2.05, 4.69) is 56.8 Å². The second kappa shape index (κ2) is 4.77. The number of benzene rings is 1. The summed E-state index contributed by atoms with van der Waals surface area (Å²) in [6.45, 7) is 6.98. The smallest absolute Gasteiger partial charge is 0.0480 e. The van der Waals surface area contributed by atoms with Gasteiger partial charge in [-0.25, -0.2) is 0 Å². The van der Waals surface area contributed by atoms with E-state index < -0.39 is 0 Å². The Labute approximate surface area is 109 Å². The minimum absolute atomic E-state index is 0.179. The quantitative estimate of drug-likeness (QED) is 0.881. The second-order valence-electron chi connectivity index (χ2n) is 6.07. The van der Waals surface area contributed by atoms with E-state index in [1.54, 1.807) is 0 Å². The SMILES string of the molecule is Cn1cc(CCCO)c2cc(C(C)(C)C)ccc21. The van der Waals surface area contributed by atoms with Crippen molar-refractivity contribution in [1.82, 2.24) is 4.57 Å². The van der Waals surface area contributed by atoms with Gasteiger partial charge in [-0.2, -0.15) is 0 Å². The van der Waals surface area contributed by atoms with Crippen molar-refractivity contribution in [1.29, 1.82) is 0 Å². The van der Waals surface area contributed by atoms with Crippen molar-refractivity contribution < 1.29 is 5.11 Å². The van der Waals surface area contributed by atoms with Gasteiger partial charge in [-0.05, 0) is 41.5 Å². The van der Waals surface area contributed by atoms with E-state index in [4.69, 9.17) is 5.11 Å². The number of hydrogen-bond donors (Lipinski definition) is 1. The Morgan fingerprint density at radius 1 is 1.22 bits per heavy atom. The topological polar surface area (TPSA) is 25.2 Å². The van der Waals surface area contributed by atoms with Crippen molar-refractivity contribution in [2.45, 2.75) is 39.0 Å². The first-order valence-electron chi connectivity index (χ1n) is 6.63.